The Kier molecular flexibility index (Phi) is 4.68. The summed E-state index contributed by atoms with van der Waals surface area (Å²) >= 11 is 0. The topological polar surface area (TPSA) is 57.7 Å². The lowest BCUT2D eigenvalue weighted by atomic mass is 9.98. The lowest BCUT2D eigenvalue weighted by molar-refractivity contribution is -0.135. The molecule has 2 aromatic rings. The minimum Gasteiger partial charge on any atom is -0.371 e. The number of sulfone groups is 1. The van der Waals surface area contributed by atoms with E-state index < -0.39 is 9.84 Å². The molecule has 0 aliphatic carbocycles. The van der Waals surface area contributed by atoms with Crippen LogP contribution >= 0.6 is 0 Å². The Hall–Kier alpha value is -2.34. The van der Waals surface area contributed by atoms with Crippen LogP contribution < -0.4 is 4.90 Å². The van der Waals surface area contributed by atoms with Gasteiger partial charge in [-0.1, -0.05) is 24.3 Å². The van der Waals surface area contributed by atoms with Gasteiger partial charge in [-0.25, -0.2) is 8.42 Å². The van der Waals surface area contributed by atoms with Crippen molar-refractivity contribution in [2.24, 2.45) is 5.92 Å². The molecule has 27 heavy (non-hydrogen) atoms. The van der Waals surface area contributed by atoms with Crippen molar-refractivity contribution >= 4 is 21.4 Å². The van der Waals surface area contributed by atoms with Gasteiger partial charge in [-0.2, -0.15) is 0 Å². The zero-order chi connectivity index (χ0) is 19.0. The third-order valence-corrected chi connectivity index (χ3v) is 6.74. The highest BCUT2D eigenvalue weighted by atomic mass is 32.2. The minimum absolute atomic E-state index is 0.00449. The molecule has 2 aliphatic rings. The van der Waals surface area contributed by atoms with Gasteiger partial charge >= 0.3 is 0 Å². The van der Waals surface area contributed by atoms with Crippen LogP contribution in [0.1, 0.15) is 17.5 Å². The standard InChI is InChI=1S/C21H24N2O3S/c1-27(25,26)20-8-6-19(7-9-20)22-12-11-18(15-22)21(24)23-13-10-16-4-2-3-5-17(16)14-23/h2-9,18H,10-15H2,1H3. The molecule has 0 N–H and O–H groups in total. The fourth-order valence-corrected chi connectivity index (χ4v) is 4.67. The summed E-state index contributed by atoms with van der Waals surface area (Å²) in [5.41, 5.74) is 3.57. The first-order chi connectivity index (χ1) is 12.9. The molecular weight excluding hydrogens is 360 g/mol. The summed E-state index contributed by atoms with van der Waals surface area (Å²) in [5.74, 6) is 0.240. The molecule has 0 bridgehead atoms. The number of fused-ring (bicyclic) bond motifs is 1. The summed E-state index contributed by atoms with van der Waals surface area (Å²) in [7, 11) is -3.19. The smallest absolute Gasteiger partial charge is 0.227 e. The number of carbonyl (C=O) groups is 1. The SMILES string of the molecule is CS(=O)(=O)c1ccc(N2CCC(C(=O)N3CCc4ccccc4C3)C2)cc1. The fourth-order valence-electron chi connectivity index (χ4n) is 4.04. The molecule has 0 radical (unpaired) electrons. The highest BCUT2D eigenvalue weighted by molar-refractivity contribution is 7.90. The molecule has 5 nitrogen and oxygen atoms in total. The van der Waals surface area contributed by atoms with Gasteiger partial charge in [0.15, 0.2) is 9.84 Å². The molecule has 2 heterocycles. The van der Waals surface area contributed by atoms with Crippen LogP contribution in [0, 0.1) is 5.92 Å². The molecule has 1 amide bonds. The van der Waals surface area contributed by atoms with Crippen molar-refractivity contribution in [3.63, 3.8) is 0 Å². The second-order valence-corrected chi connectivity index (χ2v) is 9.49. The molecule has 6 heteroatoms. The number of benzene rings is 2. The summed E-state index contributed by atoms with van der Waals surface area (Å²) in [6.45, 7) is 3.00. The van der Waals surface area contributed by atoms with Crippen LogP contribution in [0.3, 0.4) is 0 Å². The maximum absolute atomic E-state index is 13.0. The Labute approximate surface area is 160 Å². The van der Waals surface area contributed by atoms with Gasteiger partial charge in [-0.15, -0.1) is 0 Å². The highest BCUT2D eigenvalue weighted by Crippen LogP contribution is 2.28. The molecule has 142 valence electrons. The summed E-state index contributed by atoms with van der Waals surface area (Å²) in [6, 6.07) is 15.3. The van der Waals surface area contributed by atoms with Gasteiger partial charge in [0.25, 0.3) is 0 Å². The van der Waals surface area contributed by atoms with Crippen molar-refractivity contribution in [2.75, 3.05) is 30.8 Å². The van der Waals surface area contributed by atoms with Crippen LogP contribution in [-0.4, -0.2) is 45.1 Å². The van der Waals surface area contributed by atoms with E-state index in [0.717, 1.165) is 31.6 Å². The maximum Gasteiger partial charge on any atom is 0.227 e. The zero-order valence-corrected chi connectivity index (χ0v) is 16.3. The molecule has 0 aromatic heterocycles. The van der Waals surface area contributed by atoms with Gasteiger partial charge in [0.05, 0.1) is 10.8 Å². The Morgan fingerprint density at radius 3 is 2.41 bits per heavy atom. The van der Waals surface area contributed by atoms with Crippen molar-refractivity contribution in [1.29, 1.82) is 0 Å². The molecule has 0 spiro atoms. The van der Waals surface area contributed by atoms with E-state index in [1.54, 1.807) is 12.1 Å². The van der Waals surface area contributed by atoms with Crippen LogP contribution in [0.15, 0.2) is 53.4 Å². The van der Waals surface area contributed by atoms with Crippen LogP contribution in [0.4, 0.5) is 5.69 Å². The van der Waals surface area contributed by atoms with E-state index in [0.29, 0.717) is 18.0 Å². The maximum atomic E-state index is 13.0. The molecule has 2 aromatic carbocycles. The Balaban J connectivity index is 1.41. The van der Waals surface area contributed by atoms with Gasteiger partial charge < -0.3 is 9.80 Å². The lowest BCUT2D eigenvalue weighted by Gasteiger charge is -2.31. The Morgan fingerprint density at radius 2 is 1.70 bits per heavy atom. The number of amides is 1. The van der Waals surface area contributed by atoms with Crippen LogP contribution in [0.5, 0.6) is 0 Å². The van der Waals surface area contributed by atoms with E-state index in [4.69, 9.17) is 0 Å². The summed E-state index contributed by atoms with van der Waals surface area (Å²) in [4.78, 5) is 17.5. The van der Waals surface area contributed by atoms with Crippen molar-refractivity contribution in [3.05, 3.63) is 59.7 Å². The highest BCUT2D eigenvalue weighted by Gasteiger charge is 2.32. The molecule has 1 unspecified atom stereocenters. The first kappa shape index (κ1) is 18.0. The number of anilines is 1. The zero-order valence-electron chi connectivity index (χ0n) is 15.5. The lowest BCUT2D eigenvalue weighted by Crippen LogP contribution is -2.40. The molecule has 2 aliphatic heterocycles. The van der Waals surface area contributed by atoms with Gasteiger partial charge in [-0.05, 0) is 48.2 Å². The van der Waals surface area contributed by atoms with Gasteiger partial charge in [0.1, 0.15) is 0 Å². The van der Waals surface area contributed by atoms with E-state index in [2.05, 4.69) is 23.1 Å². The number of hydrogen-bond donors (Lipinski definition) is 0. The normalized spacial score (nSPS) is 19.8. The number of rotatable bonds is 3. The molecule has 1 saturated heterocycles. The minimum atomic E-state index is -3.19. The first-order valence-electron chi connectivity index (χ1n) is 9.32. The predicted octanol–water partition coefficient (Wildman–Crippen LogP) is 2.50. The van der Waals surface area contributed by atoms with Crippen LogP contribution in [-0.2, 0) is 27.6 Å². The first-order valence-corrected chi connectivity index (χ1v) is 11.2. The van der Waals surface area contributed by atoms with Crippen molar-refractivity contribution in [3.8, 4) is 0 Å². The third kappa shape index (κ3) is 3.72. The molecular formula is C21H24N2O3S. The Morgan fingerprint density at radius 1 is 1.00 bits per heavy atom. The molecule has 4 rings (SSSR count). The molecule has 0 saturated carbocycles. The van der Waals surface area contributed by atoms with Crippen LogP contribution in [0.2, 0.25) is 0 Å². The second-order valence-electron chi connectivity index (χ2n) is 7.48. The molecule has 1 fully saturated rings. The van der Waals surface area contributed by atoms with Crippen molar-refractivity contribution < 1.29 is 13.2 Å². The van der Waals surface area contributed by atoms with Gasteiger partial charge in [0, 0.05) is 38.1 Å². The number of carbonyl (C=O) groups excluding carboxylic acids is 1. The Bertz CT molecular complexity index is 954. The summed E-state index contributed by atoms with van der Waals surface area (Å²) in [6.07, 6.45) is 2.97. The van der Waals surface area contributed by atoms with E-state index >= 15 is 0 Å². The quantitative estimate of drug-likeness (QED) is 0.816. The fraction of sp³-hybridized carbons (Fsp3) is 0.381. The average Bonchev–Trinajstić information content (AvgIpc) is 3.16. The number of hydrogen-bond acceptors (Lipinski definition) is 4. The van der Waals surface area contributed by atoms with E-state index in [1.165, 1.54) is 17.4 Å². The summed E-state index contributed by atoms with van der Waals surface area (Å²) in [5, 5.41) is 0. The second kappa shape index (κ2) is 7.00. The molecule has 1 atom stereocenters. The predicted molar refractivity (Wildman–Crippen MR) is 105 cm³/mol. The van der Waals surface area contributed by atoms with Gasteiger partial charge in [0.2, 0.25) is 5.91 Å². The van der Waals surface area contributed by atoms with Crippen LogP contribution in [0.25, 0.3) is 0 Å². The van der Waals surface area contributed by atoms with E-state index in [-0.39, 0.29) is 11.8 Å². The number of nitrogens with zero attached hydrogens (tertiary/aromatic N) is 2. The van der Waals surface area contributed by atoms with Gasteiger partial charge in [-0.3, -0.25) is 4.79 Å². The van der Waals surface area contributed by atoms with E-state index in [1.807, 2.05) is 23.1 Å². The van der Waals surface area contributed by atoms with Crippen molar-refractivity contribution in [2.45, 2.75) is 24.3 Å². The monoisotopic (exact) mass is 384 g/mol. The van der Waals surface area contributed by atoms with Crippen molar-refractivity contribution in [1.82, 2.24) is 4.90 Å². The average molecular weight is 385 g/mol. The summed E-state index contributed by atoms with van der Waals surface area (Å²) < 4.78 is 23.2. The largest absolute Gasteiger partial charge is 0.371 e. The van der Waals surface area contributed by atoms with E-state index in [9.17, 15) is 13.2 Å². The third-order valence-electron chi connectivity index (χ3n) is 5.61.